The Hall–Kier alpha value is -3.87. The van der Waals surface area contributed by atoms with Crippen molar-refractivity contribution in [1.82, 2.24) is 16.2 Å². The van der Waals surface area contributed by atoms with Crippen LogP contribution in [-0.2, 0) is 52.9 Å². The molecule has 220 valence electrons. The van der Waals surface area contributed by atoms with Crippen LogP contribution in [-0.4, -0.2) is 80.6 Å². The molecule has 1 saturated heterocycles. The van der Waals surface area contributed by atoms with Crippen LogP contribution < -0.4 is 21.3 Å². The molecule has 1 aromatic carbocycles. The fourth-order valence-electron chi connectivity index (χ4n) is 3.49. The molecule has 0 saturated carbocycles. The van der Waals surface area contributed by atoms with Crippen molar-refractivity contribution in [1.29, 1.82) is 0 Å². The zero-order valence-corrected chi connectivity index (χ0v) is 23.3. The topological polar surface area (TPSA) is 228 Å². The monoisotopic (exact) mass is 604 g/mol. The number of carbonyl (C=O) groups excluding carboxylic acids is 5. The number of hydrazine groups is 1. The Bertz CT molecular complexity index is 1250. The highest BCUT2D eigenvalue weighted by Gasteiger charge is 2.52. The Morgan fingerprint density at radius 1 is 0.850 bits per heavy atom. The molecular weight excluding hydrogens is 576 g/mol. The number of ether oxygens (including phenoxy) is 5. The summed E-state index contributed by atoms with van der Waals surface area (Å²) in [5.74, 6) is -3.81. The number of esters is 4. The van der Waals surface area contributed by atoms with Gasteiger partial charge in [-0.3, -0.25) is 34.8 Å². The number of benzene rings is 1. The van der Waals surface area contributed by atoms with E-state index in [4.69, 9.17) is 41.0 Å². The lowest BCUT2D eigenvalue weighted by Gasteiger charge is -2.44. The van der Waals surface area contributed by atoms with E-state index in [2.05, 4.69) is 16.2 Å². The predicted molar refractivity (Wildman–Crippen MR) is 136 cm³/mol. The minimum Gasteiger partial charge on any atom is -0.463 e. The molecule has 18 heteroatoms. The van der Waals surface area contributed by atoms with Gasteiger partial charge in [0.05, 0.1) is 4.90 Å². The number of nitrogens with two attached hydrogens (primary N) is 1. The number of thiocarbonyl (C=S) groups is 1. The summed E-state index contributed by atoms with van der Waals surface area (Å²) >= 11 is 5.18. The summed E-state index contributed by atoms with van der Waals surface area (Å²) in [6, 6.07) is 4.70. The summed E-state index contributed by atoms with van der Waals surface area (Å²) < 4.78 is 49.5. The first-order valence-corrected chi connectivity index (χ1v) is 13.3. The number of nitrogens with one attached hydrogen (secondary N) is 3. The van der Waals surface area contributed by atoms with Crippen LogP contribution in [0.15, 0.2) is 29.2 Å². The number of rotatable bonds is 8. The molecule has 0 bridgehead atoms. The normalized spacial score (nSPS) is 22.2. The minimum absolute atomic E-state index is 0.0509. The van der Waals surface area contributed by atoms with Gasteiger partial charge >= 0.3 is 23.9 Å². The summed E-state index contributed by atoms with van der Waals surface area (Å²) in [5, 5.41) is 7.41. The third-order valence-corrected chi connectivity index (χ3v) is 6.15. The van der Waals surface area contributed by atoms with Crippen LogP contribution >= 0.6 is 12.2 Å². The lowest BCUT2D eigenvalue weighted by Crippen LogP contribution is -2.67. The fourth-order valence-corrected chi connectivity index (χ4v) is 4.17. The molecule has 5 N–H and O–H groups in total. The molecule has 2 rings (SSSR count). The fraction of sp³-hybridized carbons (Fsp3) is 0.455. The molecule has 5 atom stereocenters. The van der Waals surface area contributed by atoms with Gasteiger partial charge in [0, 0.05) is 33.3 Å². The van der Waals surface area contributed by atoms with Crippen LogP contribution in [0.2, 0.25) is 0 Å². The minimum atomic E-state index is -3.95. The first-order chi connectivity index (χ1) is 18.6. The van der Waals surface area contributed by atoms with E-state index in [9.17, 15) is 32.4 Å². The largest absolute Gasteiger partial charge is 0.463 e. The Labute approximate surface area is 234 Å². The first kappa shape index (κ1) is 32.3. The highest BCUT2D eigenvalue weighted by Crippen LogP contribution is 2.28. The van der Waals surface area contributed by atoms with Gasteiger partial charge in [0.1, 0.15) is 12.7 Å². The van der Waals surface area contributed by atoms with Gasteiger partial charge in [0.25, 0.3) is 5.91 Å². The van der Waals surface area contributed by atoms with Gasteiger partial charge in [-0.1, -0.05) is 0 Å². The van der Waals surface area contributed by atoms with E-state index in [-0.39, 0.29) is 15.6 Å². The molecule has 1 amide bonds. The highest BCUT2D eigenvalue weighted by atomic mass is 32.2. The van der Waals surface area contributed by atoms with Crippen LogP contribution in [0.4, 0.5) is 0 Å². The molecule has 1 aromatic rings. The molecule has 1 fully saturated rings. The summed E-state index contributed by atoms with van der Waals surface area (Å²) in [4.78, 5) is 59.2. The van der Waals surface area contributed by atoms with E-state index in [1.807, 2.05) is 0 Å². The molecule has 40 heavy (non-hydrogen) atoms. The third-order valence-electron chi connectivity index (χ3n) is 5.00. The average molecular weight is 605 g/mol. The van der Waals surface area contributed by atoms with E-state index in [1.54, 1.807) is 0 Å². The second-order valence-electron chi connectivity index (χ2n) is 8.24. The van der Waals surface area contributed by atoms with Gasteiger partial charge < -0.3 is 29.0 Å². The van der Waals surface area contributed by atoms with Gasteiger partial charge in [-0.05, 0) is 36.5 Å². The lowest BCUT2D eigenvalue weighted by atomic mass is 9.97. The van der Waals surface area contributed by atoms with Crippen LogP contribution in [0, 0.1) is 0 Å². The molecular formula is C22H28N4O12S2. The smallest absolute Gasteiger partial charge is 0.303 e. The van der Waals surface area contributed by atoms with E-state index in [1.165, 1.54) is 12.1 Å². The van der Waals surface area contributed by atoms with Crippen LogP contribution in [0.1, 0.15) is 38.1 Å². The molecule has 0 aromatic heterocycles. The van der Waals surface area contributed by atoms with Crippen molar-refractivity contribution in [2.24, 2.45) is 5.14 Å². The van der Waals surface area contributed by atoms with Crippen molar-refractivity contribution < 1.29 is 56.1 Å². The number of sulfonamides is 1. The van der Waals surface area contributed by atoms with E-state index in [0.717, 1.165) is 39.8 Å². The summed E-state index contributed by atoms with van der Waals surface area (Å²) in [5.41, 5.74) is 4.71. The number of hydrogen-bond donors (Lipinski definition) is 4. The maximum Gasteiger partial charge on any atom is 0.303 e. The maximum atomic E-state index is 12.4. The van der Waals surface area contributed by atoms with E-state index >= 15 is 0 Å². The SMILES string of the molecule is CC(=O)OC[C@H]1O[C@@H](NC(=S)NNC(=O)c2ccc(S(N)(=O)=O)cc2)[C@H](OC(C)=O)[C@@H](OC(C)=O)[C@H]1OC(C)=O. The van der Waals surface area contributed by atoms with Crippen LogP contribution in [0.3, 0.4) is 0 Å². The van der Waals surface area contributed by atoms with Crippen molar-refractivity contribution in [2.45, 2.75) is 63.2 Å². The molecule has 16 nitrogen and oxygen atoms in total. The Kier molecular flexibility index (Phi) is 11.3. The van der Waals surface area contributed by atoms with Gasteiger partial charge in [-0.15, -0.1) is 0 Å². The van der Waals surface area contributed by atoms with Gasteiger partial charge in [-0.2, -0.15) is 0 Å². The summed E-state index contributed by atoms with van der Waals surface area (Å²) in [7, 11) is -3.95. The molecule has 1 aliphatic rings. The molecule has 0 radical (unpaired) electrons. The summed E-state index contributed by atoms with van der Waals surface area (Å²) in [6.07, 6.45) is -6.79. The van der Waals surface area contributed by atoms with Crippen LogP contribution in [0.5, 0.6) is 0 Å². The second-order valence-corrected chi connectivity index (χ2v) is 10.2. The third kappa shape index (κ3) is 9.70. The van der Waals surface area contributed by atoms with Crippen molar-refractivity contribution >= 4 is 57.1 Å². The van der Waals surface area contributed by atoms with Crippen molar-refractivity contribution in [2.75, 3.05) is 6.61 Å². The predicted octanol–water partition coefficient (Wildman–Crippen LogP) is -1.47. The Morgan fingerprint density at radius 3 is 1.88 bits per heavy atom. The molecule has 0 unspecified atom stereocenters. The number of primary sulfonamides is 1. The Morgan fingerprint density at radius 2 is 1.38 bits per heavy atom. The van der Waals surface area contributed by atoms with Crippen molar-refractivity contribution in [3.8, 4) is 0 Å². The second kappa shape index (κ2) is 14.0. The van der Waals surface area contributed by atoms with E-state index in [0.29, 0.717) is 0 Å². The highest BCUT2D eigenvalue weighted by molar-refractivity contribution is 7.89. The molecule has 1 heterocycles. The van der Waals surface area contributed by atoms with Crippen molar-refractivity contribution in [3.05, 3.63) is 29.8 Å². The zero-order chi connectivity index (χ0) is 30.2. The number of hydrogen-bond acceptors (Lipinski definition) is 13. The molecule has 1 aliphatic heterocycles. The number of carbonyl (C=O) groups is 5. The molecule has 0 aliphatic carbocycles. The van der Waals surface area contributed by atoms with Crippen molar-refractivity contribution in [3.63, 3.8) is 0 Å². The first-order valence-electron chi connectivity index (χ1n) is 11.4. The standard InChI is InChI=1S/C22H28N4O12S2/c1-10(27)34-9-16-17(35-11(2)28)18(36-12(3)29)19(37-13(4)30)21(38-16)24-22(39)26-25-20(31)14-5-7-15(8-6-14)40(23,32)33/h5-8,16-19,21H,9H2,1-4H3,(H,25,31)(H2,23,32,33)(H2,24,26,39)/t16-,17+,18+,19-,21-/m1/s1. The quantitative estimate of drug-likeness (QED) is 0.115. The maximum absolute atomic E-state index is 12.4. The average Bonchev–Trinajstić information content (AvgIpc) is 2.83. The van der Waals surface area contributed by atoms with Gasteiger partial charge in [-0.25, -0.2) is 13.6 Å². The molecule has 0 spiro atoms. The van der Waals surface area contributed by atoms with Gasteiger partial charge in [0.15, 0.2) is 29.7 Å². The number of amides is 1. The Balaban J connectivity index is 2.24. The summed E-state index contributed by atoms with van der Waals surface area (Å²) in [6.45, 7) is 3.93. The van der Waals surface area contributed by atoms with Crippen LogP contribution in [0.25, 0.3) is 0 Å². The lowest BCUT2D eigenvalue weighted by molar-refractivity contribution is -0.254. The zero-order valence-electron chi connectivity index (χ0n) is 21.7. The van der Waals surface area contributed by atoms with E-state index < -0.39 is 77.1 Å². The van der Waals surface area contributed by atoms with Gasteiger partial charge in [0.2, 0.25) is 10.0 Å².